The lowest BCUT2D eigenvalue weighted by Crippen LogP contribution is -2.49. The Hall–Kier alpha value is -3.55. The molecule has 4 nitrogen and oxygen atoms in total. The van der Waals surface area contributed by atoms with Crippen LogP contribution in [0.5, 0.6) is 11.5 Å². The standard InChI is InChI=1S/C32H33N2O2/c1-2-16-34(17-15-24-13-14-30-31(18-24)36-23-35-30)20-28-27(29(28)21-34)19-32(22-33,25-9-5-3-6-10-25)26-11-7-4-8-12-26/h2-14,18,27-29H,1,15-17,19-21,23H2/q+1. The molecular formula is C32H33N2O2+. The van der Waals surface area contributed by atoms with Crippen molar-refractivity contribution in [3.8, 4) is 17.6 Å². The quantitative estimate of drug-likeness (QED) is 0.292. The number of nitrogens with zero attached hydrogens (tertiary/aromatic N) is 2. The molecule has 36 heavy (non-hydrogen) atoms. The highest BCUT2D eigenvalue weighted by Gasteiger charge is 2.64. The molecule has 0 bridgehead atoms. The van der Waals surface area contributed by atoms with Crippen molar-refractivity contribution in [3.63, 3.8) is 0 Å². The van der Waals surface area contributed by atoms with E-state index in [4.69, 9.17) is 9.47 Å². The predicted molar refractivity (Wildman–Crippen MR) is 141 cm³/mol. The third-order valence-corrected chi connectivity index (χ3v) is 8.80. The summed E-state index contributed by atoms with van der Waals surface area (Å²) in [4.78, 5) is 0. The maximum atomic E-state index is 10.6. The number of likely N-dealkylation sites (tertiary alicyclic amines) is 1. The number of fused-ring (bicyclic) bond motifs is 2. The van der Waals surface area contributed by atoms with Gasteiger partial charge in [-0.05, 0) is 47.2 Å². The van der Waals surface area contributed by atoms with Crippen LogP contribution in [0.4, 0.5) is 0 Å². The predicted octanol–water partition coefficient (Wildman–Crippen LogP) is 5.74. The second-order valence-corrected chi connectivity index (χ2v) is 10.8. The number of hydrogen-bond acceptors (Lipinski definition) is 3. The summed E-state index contributed by atoms with van der Waals surface area (Å²) in [6.45, 7) is 8.87. The van der Waals surface area contributed by atoms with Gasteiger partial charge in [-0.25, -0.2) is 0 Å². The van der Waals surface area contributed by atoms with Crippen molar-refractivity contribution in [3.05, 3.63) is 108 Å². The third-order valence-electron chi connectivity index (χ3n) is 8.80. The number of quaternary nitrogens is 1. The van der Waals surface area contributed by atoms with Crippen LogP contribution in [-0.4, -0.2) is 37.5 Å². The van der Waals surface area contributed by atoms with Crippen LogP contribution in [0.1, 0.15) is 23.1 Å². The molecule has 2 heterocycles. The Morgan fingerprint density at radius 3 is 2.17 bits per heavy atom. The summed E-state index contributed by atoms with van der Waals surface area (Å²) in [6, 6.07) is 29.9. The summed E-state index contributed by atoms with van der Waals surface area (Å²) < 4.78 is 12.2. The SMILES string of the molecule is C=CC[N+]1(CCc2ccc3c(c2)OCO3)CC2C(CC(C#N)(c3ccccc3)c3ccccc3)C2C1. The van der Waals surface area contributed by atoms with Crippen LogP contribution >= 0.6 is 0 Å². The van der Waals surface area contributed by atoms with Gasteiger partial charge in [-0.1, -0.05) is 73.3 Å². The average molecular weight is 478 g/mol. The fraction of sp³-hybridized carbons (Fsp3) is 0.344. The highest BCUT2D eigenvalue weighted by molar-refractivity contribution is 5.47. The first-order chi connectivity index (χ1) is 17.7. The van der Waals surface area contributed by atoms with E-state index < -0.39 is 5.41 Å². The topological polar surface area (TPSA) is 42.2 Å². The molecule has 2 unspecified atom stereocenters. The van der Waals surface area contributed by atoms with Crippen molar-refractivity contribution < 1.29 is 14.0 Å². The molecule has 0 spiro atoms. The van der Waals surface area contributed by atoms with Crippen molar-refractivity contribution >= 4 is 0 Å². The maximum absolute atomic E-state index is 10.6. The Bertz CT molecular complexity index is 1230. The molecule has 6 rings (SSSR count). The zero-order valence-corrected chi connectivity index (χ0v) is 20.7. The summed E-state index contributed by atoms with van der Waals surface area (Å²) in [5.74, 6) is 3.66. The van der Waals surface area contributed by atoms with Crippen molar-refractivity contribution in [2.24, 2.45) is 17.8 Å². The summed E-state index contributed by atoms with van der Waals surface area (Å²) in [7, 11) is 0. The summed E-state index contributed by atoms with van der Waals surface area (Å²) in [5.41, 5.74) is 2.92. The zero-order chi connectivity index (χ0) is 24.6. The van der Waals surface area contributed by atoms with Gasteiger partial charge in [-0.15, -0.1) is 0 Å². The first-order valence-electron chi connectivity index (χ1n) is 13.0. The Balaban J connectivity index is 1.18. The Labute approximate surface area is 214 Å². The van der Waals surface area contributed by atoms with E-state index >= 15 is 0 Å². The molecular weight excluding hydrogens is 444 g/mol. The van der Waals surface area contributed by atoms with Gasteiger partial charge in [0.25, 0.3) is 0 Å². The average Bonchev–Trinajstić information content (AvgIpc) is 3.26. The summed E-state index contributed by atoms with van der Waals surface area (Å²) >= 11 is 0. The van der Waals surface area contributed by atoms with Gasteiger partial charge in [-0.3, -0.25) is 0 Å². The van der Waals surface area contributed by atoms with Crippen LogP contribution in [-0.2, 0) is 11.8 Å². The summed E-state index contributed by atoms with van der Waals surface area (Å²) in [5, 5.41) is 10.6. The molecule has 3 aromatic carbocycles. The first-order valence-corrected chi connectivity index (χ1v) is 13.0. The lowest BCUT2D eigenvalue weighted by atomic mass is 9.71. The van der Waals surface area contributed by atoms with Gasteiger partial charge in [-0.2, -0.15) is 5.26 Å². The zero-order valence-electron chi connectivity index (χ0n) is 20.7. The normalized spacial score (nSPS) is 25.7. The van der Waals surface area contributed by atoms with E-state index in [9.17, 15) is 5.26 Å². The van der Waals surface area contributed by atoms with E-state index in [0.717, 1.165) is 53.0 Å². The minimum Gasteiger partial charge on any atom is -0.454 e. The van der Waals surface area contributed by atoms with E-state index in [1.165, 1.54) is 18.7 Å². The Kier molecular flexibility index (Phi) is 5.82. The molecule has 3 aliphatic rings. The van der Waals surface area contributed by atoms with Crippen molar-refractivity contribution in [2.45, 2.75) is 18.3 Å². The molecule has 0 radical (unpaired) electrons. The van der Waals surface area contributed by atoms with Crippen molar-refractivity contribution in [1.29, 1.82) is 5.26 Å². The van der Waals surface area contributed by atoms with Gasteiger partial charge in [0.1, 0.15) is 5.41 Å². The molecule has 2 aliphatic heterocycles. The minimum atomic E-state index is -0.599. The number of benzene rings is 3. The lowest BCUT2D eigenvalue weighted by molar-refractivity contribution is -0.916. The van der Waals surface area contributed by atoms with Crippen molar-refractivity contribution in [1.82, 2.24) is 0 Å². The number of rotatable bonds is 9. The Morgan fingerprint density at radius 2 is 1.56 bits per heavy atom. The van der Waals surface area contributed by atoms with Crippen molar-refractivity contribution in [2.75, 3.05) is 33.0 Å². The smallest absolute Gasteiger partial charge is 0.231 e. The number of ether oxygens (including phenoxy) is 2. The van der Waals surface area contributed by atoms with Gasteiger partial charge < -0.3 is 14.0 Å². The summed E-state index contributed by atoms with van der Waals surface area (Å²) in [6.07, 6.45) is 4.00. The minimum absolute atomic E-state index is 0.316. The van der Waals surface area contributed by atoms with Crippen LogP contribution < -0.4 is 9.47 Å². The maximum Gasteiger partial charge on any atom is 0.231 e. The fourth-order valence-electron chi connectivity index (χ4n) is 6.87. The highest BCUT2D eigenvalue weighted by Crippen LogP contribution is 2.59. The molecule has 1 saturated heterocycles. The molecule has 4 heteroatoms. The third kappa shape index (κ3) is 3.98. The molecule has 0 N–H and O–H groups in total. The van der Waals surface area contributed by atoms with Crippen LogP contribution in [0, 0.1) is 29.1 Å². The molecule has 1 saturated carbocycles. The largest absolute Gasteiger partial charge is 0.454 e. The van der Waals surface area contributed by atoms with Gasteiger partial charge in [0.2, 0.25) is 6.79 Å². The monoisotopic (exact) mass is 477 g/mol. The number of piperidine rings is 1. The Morgan fingerprint density at radius 1 is 0.917 bits per heavy atom. The number of hydrogen-bond donors (Lipinski definition) is 0. The van der Waals surface area contributed by atoms with Crippen LogP contribution in [0.3, 0.4) is 0 Å². The van der Waals surface area contributed by atoms with Crippen LogP contribution in [0.25, 0.3) is 0 Å². The van der Waals surface area contributed by atoms with Gasteiger partial charge in [0.05, 0.1) is 32.2 Å². The van der Waals surface area contributed by atoms with E-state index in [2.05, 4.69) is 79.4 Å². The van der Waals surface area contributed by atoms with E-state index in [-0.39, 0.29) is 0 Å². The second kappa shape index (κ2) is 9.15. The fourth-order valence-corrected chi connectivity index (χ4v) is 6.87. The number of nitriles is 1. The van der Waals surface area contributed by atoms with Gasteiger partial charge in [0, 0.05) is 18.3 Å². The lowest BCUT2D eigenvalue weighted by Gasteiger charge is -2.37. The molecule has 2 fully saturated rings. The molecule has 0 amide bonds. The van der Waals surface area contributed by atoms with Crippen LogP contribution in [0.15, 0.2) is 91.5 Å². The molecule has 1 aliphatic carbocycles. The molecule has 2 atom stereocenters. The van der Waals surface area contributed by atoms with Gasteiger partial charge >= 0.3 is 0 Å². The van der Waals surface area contributed by atoms with E-state index in [1.54, 1.807) is 0 Å². The highest BCUT2D eigenvalue weighted by atomic mass is 16.7. The molecule has 182 valence electrons. The molecule has 0 aromatic heterocycles. The van der Waals surface area contributed by atoms with E-state index in [1.807, 2.05) is 18.2 Å². The van der Waals surface area contributed by atoms with Gasteiger partial charge in [0.15, 0.2) is 11.5 Å². The van der Waals surface area contributed by atoms with E-state index in [0.29, 0.717) is 24.5 Å². The second-order valence-electron chi connectivity index (χ2n) is 10.8. The first kappa shape index (κ1) is 22.9. The van der Waals surface area contributed by atoms with Crippen LogP contribution in [0.2, 0.25) is 0 Å². The molecule has 3 aromatic rings.